The van der Waals surface area contributed by atoms with Gasteiger partial charge in [-0.3, -0.25) is 4.79 Å². The van der Waals surface area contributed by atoms with Crippen LogP contribution >= 0.6 is 0 Å². The maximum Gasteiger partial charge on any atom is 0.322 e. The number of rotatable bonds is 3. The van der Waals surface area contributed by atoms with Gasteiger partial charge in [-0.2, -0.15) is 0 Å². The summed E-state index contributed by atoms with van der Waals surface area (Å²) in [4.78, 5) is 24.1. The van der Waals surface area contributed by atoms with E-state index in [-0.39, 0.29) is 31.9 Å². The summed E-state index contributed by atoms with van der Waals surface area (Å²) in [6.45, 7) is 0.529. The van der Waals surface area contributed by atoms with E-state index in [4.69, 9.17) is 9.84 Å². The number of ether oxygens (including phenoxy) is 1. The normalized spacial score (nSPS) is 18.4. The van der Waals surface area contributed by atoms with E-state index in [0.29, 0.717) is 0 Å². The number of aliphatic carboxylic acids is 1. The molecule has 1 aromatic carbocycles. The number of urea groups is 1. The van der Waals surface area contributed by atoms with E-state index in [0.717, 1.165) is 6.07 Å². The van der Waals surface area contributed by atoms with Crippen LogP contribution in [0.2, 0.25) is 0 Å². The molecule has 0 aliphatic carbocycles. The fraction of sp³-hybridized carbons (Fsp3) is 0.385. The summed E-state index contributed by atoms with van der Waals surface area (Å²) in [5.41, 5.74) is -0.291. The van der Waals surface area contributed by atoms with Crippen LogP contribution in [0.4, 0.5) is 19.3 Å². The fourth-order valence-corrected chi connectivity index (χ4v) is 2.08. The topological polar surface area (TPSA) is 78.9 Å². The average molecular weight is 300 g/mol. The zero-order valence-corrected chi connectivity index (χ0v) is 11.0. The van der Waals surface area contributed by atoms with Gasteiger partial charge in [-0.15, -0.1) is 0 Å². The SMILES string of the molecule is O=C(O)CC1COCCN1C(=O)Nc1cccc(F)c1F. The molecular formula is C13H14F2N2O4. The summed E-state index contributed by atoms with van der Waals surface area (Å²) in [7, 11) is 0. The van der Waals surface area contributed by atoms with Crippen LogP contribution in [-0.2, 0) is 9.53 Å². The molecule has 1 unspecified atom stereocenters. The third-order valence-electron chi connectivity index (χ3n) is 3.09. The van der Waals surface area contributed by atoms with Gasteiger partial charge >= 0.3 is 12.0 Å². The second-order valence-corrected chi connectivity index (χ2v) is 4.55. The van der Waals surface area contributed by atoms with E-state index in [2.05, 4.69) is 5.32 Å². The summed E-state index contributed by atoms with van der Waals surface area (Å²) in [5.74, 6) is -3.30. The second kappa shape index (κ2) is 6.49. The molecule has 2 amide bonds. The Bertz CT molecular complexity index is 553. The minimum atomic E-state index is -1.16. The molecule has 8 heteroatoms. The van der Waals surface area contributed by atoms with E-state index in [1.165, 1.54) is 17.0 Å². The molecule has 1 aliphatic rings. The maximum atomic E-state index is 13.5. The molecule has 2 N–H and O–H groups in total. The zero-order valence-electron chi connectivity index (χ0n) is 11.0. The molecule has 1 aromatic rings. The van der Waals surface area contributed by atoms with Gasteiger partial charge < -0.3 is 20.1 Å². The van der Waals surface area contributed by atoms with Crippen LogP contribution in [0.1, 0.15) is 6.42 Å². The molecule has 0 radical (unpaired) electrons. The fourth-order valence-electron chi connectivity index (χ4n) is 2.08. The van der Waals surface area contributed by atoms with Crippen molar-refractivity contribution in [2.75, 3.05) is 25.1 Å². The molecule has 0 saturated carbocycles. The van der Waals surface area contributed by atoms with Crippen molar-refractivity contribution in [3.05, 3.63) is 29.8 Å². The Kier molecular flexibility index (Phi) is 4.69. The molecule has 21 heavy (non-hydrogen) atoms. The number of amides is 2. The first-order valence-electron chi connectivity index (χ1n) is 6.30. The van der Waals surface area contributed by atoms with E-state index < -0.39 is 29.7 Å². The Balaban J connectivity index is 2.10. The molecule has 0 spiro atoms. The molecule has 114 valence electrons. The van der Waals surface area contributed by atoms with E-state index in [1.54, 1.807) is 0 Å². The summed E-state index contributed by atoms with van der Waals surface area (Å²) >= 11 is 0. The number of anilines is 1. The number of nitrogens with one attached hydrogen (secondary N) is 1. The van der Waals surface area contributed by atoms with Gasteiger partial charge in [0.1, 0.15) is 0 Å². The molecule has 6 nitrogen and oxygen atoms in total. The maximum absolute atomic E-state index is 13.5. The third-order valence-corrected chi connectivity index (χ3v) is 3.09. The van der Waals surface area contributed by atoms with Gasteiger partial charge in [-0.05, 0) is 12.1 Å². The highest BCUT2D eigenvalue weighted by atomic mass is 19.2. The largest absolute Gasteiger partial charge is 0.481 e. The van der Waals surface area contributed by atoms with Crippen molar-refractivity contribution in [3.63, 3.8) is 0 Å². The van der Waals surface area contributed by atoms with Crippen molar-refractivity contribution in [1.82, 2.24) is 4.90 Å². The molecule has 1 aliphatic heterocycles. The van der Waals surface area contributed by atoms with Crippen molar-refractivity contribution in [3.8, 4) is 0 Å². The van der Waals surface area contributed by atoms with E-state index >= 15 is 0 Å². The molecular weight excluding hydrogens is 286 g/mol. The first-order chi connectivity index (χ1) is 9.99. The lowest BCUT2D eigenvalue weighted by molar-refractivity contribution is -0.139. The van der Waals surface area contributed by atoms with Crippen LogP contribution < -0.4 is 5.32 Å². The highest BCUT2D eigenvalue weighted by Gasteiger charge is 2.29. The highest BCUT2D eigenvalue weighted by Crippen LogP contribution is 2.19. The number of hydrogen-bond acceptors (Lipinski definition) is 3. The van der Waals surface area contributed by atoms with Crippen LogP contribution in [0.3, 0.4) is 0 Å². The third kappa shape index (κ3) is 3.66. The van der Waals surface area contributed by atoms with Crippen LogP contribution in [0, 0.1) is 11.6 Å². The highest BCUT2D eigenvalue weighted by molar-refractivity contribution is 5.90. The number of carbonyl (C=O) groups is 2. The molecule has 1 heterocycles. The number of carbonyl (C=O) groups excluding carboxylic acids is 1. The summed E-state index contributed by atoms with van der Waals surface area (Å²) in [5, 5.41) is 11.1. The van der Waals surface area contributed by atoms with Gasteiger partial charge in [0.25, 0.3) is 0 Å². The number of halogens is 2. The van der Waals surface area contributed by atoms with Crippen molar-refractivity contribution in [2.45, 2.75) is 12.5 Å². The van der Waals surface area contributed by atoms with Gasteiger partial charge in [-0.25, -0.2) is 13.6 Å². The number of carboxylic acids is 1. The van der Waals surface area contributed by atoms with Crippen LogP contribution in [0.5, 0.6) is 0 Å². The summed E-state index contributed by atoms with van der Waals surface area (Å²) in [6, 6.07) is 2.10. The van der Waals surface area contributed by atoms with Crippen LogP contribution in [0.15, 0.2) is 18.2 Å². The minimum Gasteiger partial charge on any atom is -0.481 e. The van der Waals surface area contributed by atoms with Gasteiger partial charge in [0.15, 0.2) is 11.6 Å². The Hall–Kier alpha value is -2.22. The quantitative estimate of drug-likeness (QED) is 0.890. The molecule has 1 atom stereocenters. The van der Waals surface area contributed by atoms with Crippen molar-refractivity contribution < 1.29 is 28.2 Å². The van der Waals surface area contributed by atoms with Gasteiger partial charge in [0.2, 0.25) is 0 Å². The van der Waals surface area contributed by atoms with Crippen molar-refractivity contribution in [1.29, 1.82) is 0 Å². The standard InChI is InChI=1S/C13H14F2N2O4/c14-9-2-1-3-10(12(9)15)16-13(20)17-4-5-21-7-8(17)6-11(18)19/h1-3,8H,4-7H2,(H,16,20)(H,18,19). The predicted molar refractivity (Wildman–Crippen MR) is 68.9 cm³/mol. The minimum absolute atomic E-state index is 0.0886. The lowest BCUT2D eigenvalue weighted by atomic mass is 10.1. The molecule has 1 fully saturated rings. The Morgan fingerprint density at radius 2 is 2.19 bits per heavy atom. The Morgan fingerprint density at radius 3 is 2.90 bits per heavy atom. The van der Waals surface area contributed by atoms with Crippen molar-refractivity contribution in [2.24, 2.45) is 0 Å². The van der Waals surface area contributed by atoms with Gasteiger partial charge in [0, 0.05) is 6.54 Å². The summed E-state index contributed by atoms with van der Waals surface area (Å²) in [6.07, 6.45) is -0.279. The molecule has 1 saturated heterocycles. The summed E-state index contributed by atoms with van der Waals surface area (Å²) < 4.78 is 31.7. The van der Waals surface area contributed by atoms with Crippen LogP contribution in [0.25, 0.3) is 0 Å². The number of benzene rings is 1. The smallest absolute Gasteiger partial charge is 0.322 e. The number of hydrogen-bond donors (Lipinski definition) is 2. The Morgan fingerprint density at radius 1 is 1.43 bits per heavy atom. The van der Waals surface area contributed by atoms with Gasteiger partial charge in [0.05, 0.1) is 31.4 Å². The lowest BCUT2D eigenvalue weighted by Crippen LogP contribution is -2.51. The molecule has 0 bridgehead atoms. The van der Waals surface area contributed by atoms with Crippen LogP contribution in [-0.4, -0.2) is 47.8 Å². The first kappa shape index (κ1) is 15.2. The zero-order chi connectivity index (χ0) is 15.4. The number of carboxylic acid groups (broad SMARTS) is 1. The second-order valence-electron chi connectivity index (χ2n) is 4.55. The first-order valence-corrected chi connectivity index (χ1v) is 6.30. The predicted octanol–water partition coefficient (Wildman–Crippen LogP) is 1.67. The van der Waals surface area contributed by atoms with E-state index in [9.17, 15) is 18.4 Å². The van der Waals surface area contributed by atoms with Gasteiger partial charge in [-0.1, -0.05) is 6.07 Å². The molecule has 2 rings (SSSR count). The lowest BCUT2D eigenvalue weighted by Gasteiger charge is -2.34. The molecule has 0 aromatic heterocycles. The van der Waals surface area contributed by atoms with E-state index in [1.807, 2.05) is 0 Å². The number of morpholine rings is 1. The van der Waals surface area contributed by atoms with Crippen molar-refractivity contribution >= 4 is 17.7 Å². The number of nitrogens with zero attached hydrogens (tertiary/aromatic N) is 1. The Labute approximate surface area is 119 Å². The average Bonchev–Trinajstić information content (AvgIpc) is 2.44. The monoisotopic (exact) mass is 300 g/mol.